The molecule has 0 aliphatic heterocycles. The average Bonchev–Trinajstić information content (AvgIpc) is 1.52. The average molecular weight is 294 g/mol. The van der Waals surface area contributed by atoms with Crippen LogP contribution >= 0.6 is 41.4 Å². The number of nitrogens with two attached hydrogens (primary N) is 1. The van der Waals surface area contributed by atoms with Gasteiger partial charge in [-0.25, -0.2) is 8.42 Å². The number of alkyl halides is 3. The Morgan fingerprint density at radius 2 is 1.83 bits per heavy atom. The summed E-state index contributed by atoms with van der Waals surface area (Å²) in [6.45, 7) is -3.64. The van der Waals surface area contributed by atoms with Crippen molar-refractivity contribution in [3.05, 3.63) is 0 Å². The van der Waals surface area contributed by atoms with Crippen molar-refractivity contribution < 1.29 is 13.3 Å². The Kier molecular flexibility index (Phi) is 4.27. The van der Waals surface area contributed by atoms with Crippen LogP contribution in [0.15, 0.2) is 0 Å². The Balaban J connectivity index is 4.83. The number of hydrogen-bond acceptors (Lipinski definition) is 3. The maximum absolute atomic E-state index is 10.9. The summed E-state index contributed by atoms with van der Waals surface area (Å²) < 4.78 is 20.6. The highest BCUT2D eigenvalue weighted by atomic mass is 35.6. The molecule has 1 atom stereocenters. The fraction of sp³-hybridized carbons (Fsp3) is 1.00. The standard InChI is InChI=1S/CH4Cl3N2O3PS2/c2-1(3,4)12(8,9)6-10(5,7)11/h(H4,5,6,7,11). The first-order valence-electron chi connectivity index (χ1n) is 2.17. The molecule has 12 heavy (non-hydrogen) atoms. The predicted octanol–water partition coefficient (Wildman–Crippen LogP) is 0.409. The molecule has 0 aromatic carbocycles. The molecule has 0 heterocycles. The van der Waals surface area contributed by atoms with E-state index in [9.17, 15) is 8.42 Å². The quantitative estimate of drug-likeness (QED) is 0.506. The fourth-order valence-electron chi connectivity index (χ4n) is 0.224. The first-order chi connectivity index (χ1) is 4.96. The SMILES string of the molecule is NP(O)(=S)NS(=O)(=O)C(Cl)(Cl)Cl. The summed E-state index contributed by atoms with van der Waals surface area (Å²) in [7, 11) is -4.34. The van der Waals surface area contributed by atoms with E-state index in [1.807, 2.05) is 0 Å². The van der Waals surface area contributed by atoms with Crippen LogP contribution in [0.4, 0.5) is 0 Å². The lowest BCUT2D eigenvalue weighted by molar-refractivity contribution is 0.584. The van der Waals surface area contributed by atoms with Crippen molar-refractivity contribution in [1.29, 1.82) is 0 Å². The molecule has 5 nitrogen and oxygen atoms in total. The van der Waals surface area contributed by atoms with Gasteiger partial charge in [0, 0.05) is 0 Å². The van der Waals surface area contributed by atoms with Crippen LogP contribution in [0, 0.1) is 0 Å². The Labute approximate surface area is 89.4 Å². The number of halogens is 3. The van der Waals surface area contributed by atoms with E-state index in [1.54, 1.807) is 0 Å². The monoisotopic (exact) mass is 292 g/mol. The van der Waals surface area contributed by atoms with Gasteiger partial charge in [-0.2, -0.15) is 0 Å². The van der Waals surface area contributed by atoms with Gasteiger partial charge in [0.05, 0.1) is 0 Å². The van der Waals surface area contributed by atoms with Crippen molar-refractivity contribution in [2.45, 2.75) is 3.12 Å². The molecule has 0 aliphatic rings. The second-order valence-corrected chi connectivity index (χ2v) is 9.88. The molecular formula is CH4Cl3N2O3PS2. The number of hydrogen-bond donors (Lipinski definition) is 3. The van der Waals surface area contributed by atoms with Crippen LogP contribution < -0.4 is 10.00 Å². The molecule has 0 amide bonds. The summed E-state index contributed by atoms with van der Waals surface area (Å²) in [5.74, 6) is 0. The minimum Gasteiger partial charge on any atom is -0.342 e. The number of sulfonamides is 1. The van der Waals surface area contributed by atoms with E-state index in [0.717, 1.165) is 0 Å². The second-order valence-electron chi connectivity index (χ2n) is 1.66. The molecule has 1 unspecified atom stereocenters. The summed E-state index contributed by atoms with van der Waals surface area (Å²) in [5, 5.41) is 0. The van der Waals surface area contributed by atoms with Gasteiger partial charge in [-0.15, -0.1) is 4.49 Å². The lowest BCUT2D eigenvalue weighted by Gasteiger charge is -2.16. The molecule has 0 spiro atoms. The normalized spacial score (nSPS) is 18.8. The molecule has 74 valence electrons. The fourth-order valence-corrected chi connectivity index (χ4v) is 3.83. The van der Waals surface area contributed by atoms with Crippen molar-refractivity contribution >= 4 is 63.2 Å². The van der Waals surface area contributed by atoms with E-state index in [2.05, 4.69) is 11.8 Å². The van der Waals surface area contributed by atoms with E-state index in [1.165, 1.54) is 4.49 Å². The van der Waals surface area contributed by atoms with Crippen LogP contribution in [0.25, 0.3) is 0 Å². The molecule has 0 aliphatic carbocycles. The molecule has 0 aromatic rings. The van der Waals surface area contributed by atoms with Gasteiger partial charge < -0.3 is 4.89 Å². The van der Waals surface area contributed by atoms with Crippen molar-refractivity contribution in [2.24, 2.45) is 5.50 Å². The van der Waals surface area contributed by atoms with E-state index < -0.39 is 19.7 Å². The van der Waals surface area contributed by atoms with Crippen LogP contribution in [-0.2, 0) is 21.8 Å². The van der Waals surface area contributed by atoms with Gasteiger partial charge in [0.15, 0.2) is 0 Å². The maximum Gasteiger partial charge on any atom is 0.307 e. The number of nitrogens with one attached hydrogen (secondary N) is 1. The zero-order valence-corrected chi connectivity index (χ0v) is 10.0. The largest absolute Gasteiger partial charge is 0.342 e. The molecule has 0 saturated carbocycles. The first-order valence-corrected chi connectivity index (χ1v) is 7.61. The summed E-state index contributed by atoms with van der Waals surface area (Å²) in [5.41, 5.74) is 4.83. The van der Waals surface area contributed by atoms with Gasteiger partial charge in [-0.3, -0.25) is 5.50 Å². The minimum atomic E-state index is -4.34. The molecule has 0 saturated heterocycles. The van der Waals surface area contributed by atoms with Crippen molar-refractivity contribution in [3.8, 4) is 0 Å². The van der Waals surface area contributed by atoms with Crippen LogP contribution in [0.1, 0.15) is 0 Å². The third-order valence-corrected chi connectivity index (χ3v) is 5.67. The lowest BCUT2D eigenvalue weighted by Crippen LogP contribution is -2.33. The molecule has 0 rings (SSSR count). The summed E-state index contributed by atoms with van der Waals surface area (Å²) in [4.78, 5) is 8.75. The molecule has 0 radical (unpaired) electrons. The molecule has 11 heteroatoms. The lowest BCUT2D eigenvalue weighted by atomic mass is 11.8. The third kappa shape index (κ3) is 4.55. The minimum absolute atomic E-state index is 1.47. The Hall–Kier alpha value is 1.35. The maximum atomic E-state index is 10.9. The third-order valence-electron chi connectivity index (χ3n) is 0.556. The Bertz CT molecular complexity index is 302. The van der Waals surface area contributed by atoms with E-state index in [-0.39, 0.29) is 0 Å². The van der Waals surface area contributed by atoms with Crippen molar-refractivity contribution in [1.82, 2.24) is 4.49 Å². The summed E-state index contributed by atoms with van der Waals surface area (Å²) in [6.07, 6.45) is 0. The molecule has 0 aromatic heterocycles. The highest BCUT2D eigenvalue weighted by Gasteiger charge is 2.40. The smallest absolute Gasteiger partial charge is 0.307 e. The van der Waals surface area contributed by atoms with Gasteiger partial charge in [-0.1, -0.05) is 34.8 Å². The van der Waals surface area contributed by atoms with E-state index in [4.69, 9.17) is 45.2 Å². The van der Waals surface area contributed by atoms with Crippen molar-refractivity contribution in [3.63, 3.8) is 0 Å². The zero-order valence-electron chi connectivity index (χ0n) is 5.24. The molecule has 4 N–H and O–H groups in total. The highest BCUT2D eigenvalue weighted by molar-refractivity contribution is 8.15. The van der Waals surface area contributed by atoms with E-state index in [0.29, 0.717) is 0 Å². The topological polar surface area (TPSA) is 92.4 Å². The summed E-state index contributed by atoms with van der Waals surface area (Å²) >= 11 is 19.2. The van der Waals surface area contributed by atoms with Gasteiger partial charge in [0.2, 0.25) is 6.57 Å². The van der Waals surface area contributed by atoms with Crippen LogP contribution in [-0.4, -0.2) is 16.4 Å². The predicted molar refractivity (Wildman–Crippen MR) is 53.0 cm³/mol. The van der Waals surface area contributed by atoms with Gasteiger partial charge >= 0.3 is 3.12 Å². The van der Waals surface area contributed by atoms with Gasteiger partial charge in [-0.05, 0) is 11.8 Å². The van der Waals surface area contributed by atoms with Crippen LogP contribution in [0.5, 0.6) is 0 Å². The summed E-state index contributed by atoms with van der Waals surface area (Å²) in [6, 6.07) is 0. The van der Waals surface area contributed by atoms with Gasteiger partial charge in [0.1, 0.15) is 0 Å². The zero-order chi connectivity index (χ0) is 10.2. The second kappa shape index (κ2) is 3.84. The van der Waals surface area contributed by atoms with Crippen LogP contribution in [0.2, 0.25) is 0 Å². The van der Waals surface area contributed by atoms with Crippen molar-refractivity contribution in [2.75, 3.05) is 0 Å². The molecule has 0 bridgehead atoms. The Morgan fingerprint density at radius 1 is 1.50 bits per heavy atom. The van der Waals surface area contributed by atoms with Gasteiger partial charge in [0.25, 0.3) is 10.0 Å². The van der Waals surface area contributed by atoms with Crippen LogP contribution in [0.3, 0.4) is 0 Å². The number of rotatable bonds is 2. The first kappa shape index (κ1) is 13.4. The molecular weight excluding hydrogens is 289 g/mol. The van der Waals surface area contributed by atoms with E-state index >= 15 is 0 Å². The Morgan fingerprint density at radius 3 is 1.92 bits per heavy atom. The highest BCUT2D eigenvalue weighted by Crippen LogP contribution is 2.37. The molecule has 0 fully saturated rings.